The van der Waals surface area contributed by atoms with Gasteiger partial charge in [-0.2, -0.15) is 0 Å². The third-order valence-electron chi connectivity index (χ3n) is 3.74. The van der Waals surface area contributed by atoms with Crippen LogP contribution in [0.25, 0.3) is 10.8 Å². The van der Waals surface area contributed by atoms with Crippen LogP contribution in [0.4, 0.5) is 0 Å². The summed E-state index contributed by atoms with van der Waals surface area (Å²) < 4.78 is 0. The van der Waals surface area contributed by atoms with Crippen molar-refractivity contribution < 1.29 is 0 Å². The summed E-state index contributed by atoms with van der Waals surface area (Å²) >= 11 is 0. The SMILES string of the molecule is Cc1c(C(C)(C)C)cc(S(C)(C)C)c2ccccc12. The first-order valence-corrected chi connectivity index (χ1v) is 9.69. The Morgan fingerprint density at radius 1 is 0.895 bits per heavy atom. The summed E-state index contributed by atoms with van der Waals surface area (Å²) in [4.78, 5) is 1.54. The number of benzene rings is 2. The van der Waals surface area contributed by atoms with Crippen LogP contribution in [-0.2, 0) is 5.41 Å². The van der Waals surface area contributed by atoms with Gasteiger partial charge in [-0.15, -0.1) is 0 Å². The molecule has 0 spiro atoms. The summed E-state index contributed by atoms with van der Waals surface area (Å²) in [5, 5.41) is 2.86. The normalized spacial score (nSPS) is 13.8. The van der Waals surface area contributed by atoms with Gasteiger partial charge in [0.2, 0.25) is 0 Å². The summed E-state index contributed by atoms with van der Waals surface area (Å²) in [6, 6.07) is 11.3. The lowest BCUT2D eigenvalue weighted by atomic mass is 9.82. The maximum atomic E-state index is 2.47. The van der Waals surface area contributed by atoms with E-state index in [1.165, 1.54) is 21.9 Å². The zero-order valence-electron chi connectivity index (χ0n) is 13.3. The second kappa shape index (κ2) is 4.56. The van der Waals surface area contributed by atoms with Crippen LogP contribution in [0, 0.1) is 6.92 Å². The third kappa shape index (κ3) is 2.67. The molecule has 2 aromatic rings. The second-order valence-corrected chi connectivity index (χ2v) is 11.3. The summed E-state index contributed by atoms with van der Waals surface area (Å²) in [6.07, 6.45) is 7.16. The highest BCUT2D eigenvalue weighted by molar-refractivity contribution is 8.32. The largest absolute Gasteiger partial charge is 0.223 e. The van der Waals surface area contributed by atoms with Crippen molar-refractivity contribution in [3.05, 3.63) is 41.5 Å². The fourth-order valence-corrected chi connectivity index (χ4v) is 4.08. The molecule has 104 valence electrons. The third-order valence-corrected chi connectivity index (χ3v) is 5.40. The second-order valence-electron chi connectivity index (χ2n) is 7.18. The summed E-state index contributed by atoms with van der Waals surface area (Å²) in [5.74, 6) is 0. The van der Waals surface area contributed by atoms with Crippen molar-refractivity contribution in [2.24, 2.45) is 0 Å². The van der Waals surface area contributed by atoms with E-state index in [0.29, 0.717) is 0 Å². The molecule has 0 saturated heterocycles. The average Bonchev–Trinajstić information content (AvgIpc) is 2.26. The molecule has 2 aromatic carbocycles. The van der Waals surface area contributed by atoms with Crippen molar-refractivity contribution in [3.8, 4) is 0 Å². The quantitative estimate of drug-likeness (QED) is 0.644. The lowest BCUT2D eigenvalue weighted by molar-refractivity contribution is 0.586. The van der Waals surface area contributed by atoms with Gasteiger partial charge in [-0.1, -0.05) is 45.0 Å². The van der Waals surface area contributed by atoms with E-state index >= 15 is 0 Å². The van der Waals surface area contributed by atoms with Gasteiger partial charge < -0.3 is 0 Å². The molecule has 0 unspecified atom stereocenters. The minimum atomic E-state index is -0.729. The van der Waals surface area contributed by atoms with Crippen molar-refractivity contribution in [2.45, 2.75) is 38.0 Å². The maximum Gasteiger partial charge on any atom is -0.00243 e. The minimum absolute atomic E-state index is 0.202. The molecule has 0 fully saturated rings. The molecule has 0 nitrogen and oxygen atoms in total. The van der Waals surface area contributed by atoms with Gasteiger partial charge in [-0.3, -0.25) is 0 Å². The predicted molar refractivity (Wildman–Crippen MR) is 91.0 cm³/mol. The molecule has 0 radical (unpaired) electrons. The number of rotatable bonds is 1. The standard InChI is InChI=1S/C18H26S/c1-13-14-10-8-9-11-15(14)17(19(5,6)7)12-16(13)18(2,3)4/h8-12H,1-7H3. The van der Waals surface area contributed by atoms with Gasteiger partial charge in [0, 0.05) is 0 Å². The van der Waals surface area contributed by atoms with Crippen LogP contribution in [-0.4, -0.2) is 18.8 Å². The molecule has 0 aliphatic carbocycles. The van der Waals surface area contributed by atoms with E-state index in [4.69, 9.17) is 0 Å². The number of hydrogen-bond donors (Lipinski definition) is 0. The monoisotopic (exact) mass is 274 g/mol. The fraction of sp³-hybridized carbons (Fsp3) is 0.444. The smallest absolute Gasteiger partial charge is 0.00243 e. The molecule has 2 rings (SSSR count). The zero-order chi connectivity index (χ0) is 14.4. The minimum Gasteiger partial charge on any atom is -0.223 e. The van der Waals surface area contributed by atoms with Crippen LogP contribution in [0.15, 0.2) is 35.2 Å². The highest BCUT2D eigenvalue weighted by Crippen LogP contribution is 2.50. The maximum absolute atomic E-state index is 2.47. The fourth-order valence-electron chi connectivity index (χ4n) is 2.77. The zero-order valence-corrected chi connectivity index (χ0v) is 14.1. The van der Waals surface area contributed by atoms with Gasteiger partial charge in [-0.05, 0) is 64.0 Å². The molecular weight excluding hydrogens is 248 g/mol. The van der Waals surface area contributed by atoms with Crippen molar-refractivity contribution in [2.75, 3.05) is 18.8 Å². The molecular formula is C18H26S. The van der Waals surface area contributed by atoms with E-state index in [0.717, 1.165) is 0 Å². The van der Waals surface area contributed by atoms with Crippen molar-refractivity contribution >= 4 is 20.8 Å². The van der Waals surface area contributed by atoms with E-state index in [2.05, 4.69) is 76.8 Å². The van der Waals surface area contributed by atoms with Crippen LogP contribution in [0.3, 0.4) is 0 Å². The Morgan fingerprint density at radius 3 is 1.89 bits per heavy atom. The first-order chi connectivity index (χ1) is 8.62. The molecule has 0 aliphatic heterocycles. The van der Waals surface area contributed by atoms with Crippen LogP contribution >= 0.6 is 10.0 Å². The van der Waals surface area contributed by atoms with Crippen LogP contribution in [0.2, 0.25) is 0 Å². The van der Waals surface area contributed by atoms with Crippen molar-refractivity contribution in [3.63, 3.8) is 0 Å². The highest BCUT2D eigenvalue weighted by Gasteiger charge is 2.22. The Kier molecular flexibility index (Phi) is 3.47. The van der Waals surface area contributed by atoms with E-state index in [1.54, 1.807) is 4.90 Å². The molecule has 19 heavy (non-hydrogen) atoms. The predicted octanol–water partition coefficient (Wildman–Crippen LogP) is 5.50. The number of aryl methyl sites for hydroxylation is 1. The Bertz CT molecular complexity index is 610. The van der Waals surface area contributed by atoms with Crippen LogP contribution < -0.4 is 0 Å². The van der Waals surface area contributed by atoms with Gasteiger partial charge in [0.05, 0.1) is 0 Å². The molecule has 0 aliphatic rings. The summed E-state index contributed by atoms with van der Waals surface area (Å²) in [6.45, 7) is 9.20. The number of fused-ring (bicyclic) bond motifs is 1. The lowest BCUT2D eigenvalue weighted by Crippen LogP contribution is -2.14. The van der Waals surface area contributed by atoms with Crippen molar-refractivity contribution in [1.29, 1.82) is 0 Å². The number of hydrogen-bond acceptors (Lipinski definition) is 0. The van der Waals surface area contributed by atoms with E-state index in [9.17, 15) is 0 Å². The van der Waals surface area contributed by atoms with Crippen molar-refractivity contribution in [1.82, 2.24) is 0 Å². The van der Waals surface area contributed by atoms with E-state index < -0.39 is 10.0 Å². The molecule has 0 bridgehead atoms. The van der Waals surface area contributed by atoms with E-state index in [1.807, 2.05) is 0 Å². The Balaban J connectivity index is 2.93. The molecule has 0 heterocycles. The molecule has 0 atom stereocenters. The molecule has 1 heteroatoms. The van der Waals surface area contributed by atoms with Gasteiger partial charge in [0.1, 0.15) is 0 Å². The topological polar surface area (TPSA) is 0 Å². The lowest BCUT2D eigenvalue weighted by Gasteiger charge is -2.32. The highest BCUT2D eigenvalue weighted by atomic mass is 32.3. The Hall–Kier alpha value is -0.950. The van der Waals surface area contributed by atoms with Crippen LogP contribution in [0.1, 0.15) is 31.9 Å². The first-order valence-electron chi connectivity index (χ1n) is 6.83. The molecule has 0 amide bonds. The molecule has 0 aromatic heterocycles. The van der Waals surface area contributed by atoms with Gasteiger partial charge in [-0.25, -0.2) is 10.0 Å². The summed E-state index contributed by atoms with van der Waals surface area (Å²) in [7, 11) is -0.729. The van der Waals surface area contributed by atoms with Gasteiger partial charge in [0.25, 0.3) is 0 Å². The molecule has 0 saturated carbocycles. The molecule has 0 N–H and O–H groups in total. The average molecular weight is 274 g/mol. The Morgan fingerprint density at radius 2 is 1.42 bits per heavy atom. The van der Waals surface area contributed by atoms with Crippen LogP contribution in [0.5, 0.6) is 0 Å². The van der Waals surface area contributed by atoms with Gasteiger partial charge in [0.15, 0.2) is 0 Å². The van der Waals surface area contributed by atoms with E-state index in [-0.39, 0.29) is 5.41 Å². The summed E-state index contributed by atoms with van der Waals surface area (Å²) in [5.41, 5.74) is 3.13. The first kappa shape index (κ1) is 14.5. The Labute approximate surface area is 119 Å². The van der Waals surface area contributed by atoms with Gasteiger partial charge >= 0.3 is 0 Å².